The van der Waals surface area contributed by atoms with E-state index in [2.05, 4.69) is 36.2 Å². The summed E-state index contributed by atoms with van der Waals surface area (Å²) in [6, 6.07) is 10.4. The van der Waals surface area contributed by atoms with E-state index in [1.807, 2.05) is 12.1 Å². The van der Waals surface area contributed by atoms with Gasteiger partial charge >= 0.3 is 24.0 Å². The number of alkyl halides is 3. The predicted molar refractivity (Wildman–Crippen MR) is 157 cm³/mol. The minimum atomic E-state index is -4.64. The van der Waals surface area contributed by atoms with Crippen LogP contribution in [0.4, 0.5) is 30.8 Å². The van der Waals surface area contributed by atoms with Crippen molar-refractivity contribution < 1.29 is 37.4 Å². The zero-order valence-electron chi connectivity index (χ0n) is 24.1. The molecule has 3 amide bonds. The van der Waals surface area contributed by atoms with Crippen LogP contribution in [0.25, 0.3) is 0 Å². The summed E-state index contributed by atoms with van der Waals surface area (Å²) in [6.07, 6.45) is -3.24. The summed E-state index contributed by atoms with van der Waals surface area (Å²) >= 11 is 6.00. The summed E-state index contributed by atoms with van der Waals surface area (Å²) in [5.74, 6) is -3.30. The molecular weight excluding hydrogens is 621 g/mol. The molecule has 4 rings (SSSR count). The highest BCUT2D eigenvalue weighted by atomic mass is 35.5. The maximum atomic E-state index is 12.9. The van der Waals surface area contributed by atoms with E-state index in [0.29, 0.717) is 17.9 Å². The number of carbonyl (C=O) groups excluding carboxylic acids is 3. The monoisotopic (exact) mass is 650 g/mol. The van der Waals surface area contributed by atoms with Crippen molar-refractivity contribution >= 4 is 46.9 Å². The molecule has 3 aromatic rings. The Labute approximate surface area is 260 Å². The number of ether oxygens (including phenoxy) is 1. The van der Waals surface area contributed by atoms with Gasteiger partial charge < -0.3 is 36.8 Å². The van der Waals surface area contributed by atoms with E-state index >= 15 is 0 Å². The molecule has 0 unspecified atom stereocenters. The maximum absolute atomic E-state index is 12.9. The van der Waals surface area contributed by atoms with Crippen LogP contribution in [0.1, 0.15) is 42.6 Å². The molecule has 13 nitrogen and oxygen atoms in total. The lowest BCUT2D eigenvalue weighted by Crippen LogP contribution is -2.45. The van der Waals surface area contributed by atoms with Crippen LogP contribution in [0, 0.1) is 5.41 Å². The van der Waals surface area contributed by atoms with Crippen molar-refractivity contribution in [2.75, 3.05) is 30.3 Å². The Morgan fingerprint density at radius 3 is 2.24 bits per heavy atom. The van der Waals surface area contributed by atoms with Gasteiger partial charge in [-0.05, 0) is 54.2 Å². The number of primary amides is 1. The number of nitrogens with one attached hydrogen (secondary N) is 4. The Balaban J connectivity index is 1.48. The van der Waals surface area contributed by atoms with Crippen LogP contribution in [0.3, 0.4) is 0 Å². The van der Waals surface area contributed by atoms with Crippen LogP contribution in [0.15, 0.2) is 42.5 Å². The van der Waals surface area contributed by atoms with Gasteiger partial charge in [0.05, 0.1) is 11.2 Å². The van der Waals surface area contributed by atoms with E-state index in [1.165, 1.54) is 18.2 Å². The standard InChI is InChI=1S/C28H30ClF3N8O5/c1-26(2,13-35-22(44)20(33)42)12-34-21(43)15-3-8-18(19(41)11-15)36-23-37-24(39-25(38-23)45-14-28(30,31)32)40-27(9-10-27)16-4-6-17(29)7-5-16/h3-8,11,41H,9-10,12-14H2,1-2H3,(H2,33,42)(H,34,43)(H,35,44)(H2,36,37,38,39,40). The van der Waals surface area contributed by atoms with Crippen LogP contribution in [0.5, 0.6) is 11.8 Å². The third-order valence-corrected chi connectivity index (χ3v) is 6.91. The summed E-state index contributed by atoms with van der Waals surface area (Å²) < 4.78 is 43.4. The molecule has 1 aliphatic rings. The molecule has 0 radical (unpaired) electrons. The van der Waals surface area contributed by atoms with Crippen LogP contribution >= 0.6 is 11.6 Å². The second kappa shape index (κ2) is 13.0. The van der Waals surface area contributed by atoms with E-state index in [-0.39, 0.29) is 42.0 Å². The molecule has 0 bridgehead atoms. The van der Waals surface area contributed by atoms with Crippen molar-refractivity contribution in [3.05, 3.63) is 58.6 Å². The number of halogens is 4. The minimum Gasteiger partial charge on any atom is -0.506 e. The summed E-state index contributed by atoms with van der Waals surface area (Å²) in [6.45, 7) is 2.00. The molecule has 17 heteroatoms. The first-order valence-electron chi connectivity index (χ1n) is 13.5. The zero-order chi connectivity index (χ0) is 33.0. The average molecular weight is 651 g/mol. The summed E-state index contributed by atoms with van der Waals surface area (Å²) in [5.41, 5.74) is 4.71. The number of aromatic hydroxyl groups is 1. The van der Waals surface area contributed by atoms with Crippen molar-refractivity contribution in [1.29, 1.82) is 0 Å². The molecular formula is C28H30ClF3N8O5. The van der Waals surface area contributed by atoms with Gasteiger partial charge in [0.1, 0.15) is 5.75 Å². The molecule has 1 saturated carbocycles. The fourth-order valence-electron chi connectivity index (χ4n) is 4.06. The van der Waals surface area contributed by atoms with E-state index in [9.17, 15) is 32.7 Å². The van der Waals surface area contributed by atoms with Gasteiger partial charge in [-0.25, -0.2) is 0 Å². The van der Waals surface area contributed by atoms with Gasteiger partial charge in [0.15, 0.2) is 6.61 Å². The number of anilines is 3. The summed E-state index contributed by atoms with van der Waals surface area (Å²) in [4.78, 5) is 47.2. The predicted octanol–water partition coefficient (Wildman–Crippen LogP) is 3.37. The number of hydrogen-bond acceptors (Lipinski definition) is 10. The first-order chi connectivity index (χ1) is 21.0. The Bertz CT molecular complexity index is 1580. The summed E-state index contributed by atoms with van der Waals surface area (Å²) in [7, 11) is 0. The van der Waals surface area contributed by atoms with Gasteiger partial charge in [0.2, 0.25) is 11.9 Å². The van der Waals surface area contributed by atoms with Gasteiger partial charge in [-0.3, -0.25) is 14.4 Å². The molecule has 45 heavy (non-hydrogen) atoms. The smallest absolute Gasteiger partial charge is 0.422 e. The number of nitrogens with zero attached hydrogens (tertiary/aromatic N) is 3. The van der Waals surface area contributed by atoms with Gasteiger partial charge in [-0.2, -0.15) is 28.1 Å². The normalized spacial score (nSPS) is 13.8. The largest absolute Gasteiger partial charge is 0.506 e. The van der Waals surface area contributed by atoms with Crippen molar-refractivity contribution in [2.24, 2.45) is 11.1 Å². The first-order valence-corrected chi connectivity index (χ1v) is 13.9. The molecule has 0 aliphatic heterocycles. The number of nitrogens with two attached hydrogens (primary N) is 1. The molecule has 1 heterocycles. The quantitative estimate of drug-likeness (QED) is 0.125. The number of aromatic nitrogens is 3. The number of hydrogen-bond donors (Lipinski definition) is 6. The second-order valence-corrected chi connectivity index (χ2v) is 11.6. The summed E-state index contributed by atoms with van der Waals surface area (Å²) in [5, 5.41) is 22.1. The number of phenols is 1. The van der Waals surface area contributed by atoms with Crippen LogP contribution in [-0.2, 0) is 15.1 Å². The van der Waals surface area contributed by atoms with Crippen molar-refractivity contribution in [1.82, 2.24) is 25.6 Å². The molecule has 1 aromatic heterocycles. The number of carbonyl (C=O) groups is 3. The fourth-order valence-corrected chi connectivity index (χ4v) is 4.19. The molecule has 2 aromatic carbocycles. The molecule has 1 fully saturated rings. The third kappa shape index (κ3) is 9.31. The topological polar surface area (TPSA) is 193 Å². The molecule has 0 atom stereocenters. The number of benzene rings is 2. The molecule has 0 saturated heterocycles. The number of phenolic OH excluding ortho intramolecular Hbond substituents is 1. The van der Waals surface area contributed by atoms with Gasteiger partial charge in [0.25, 0.3) is 5.91 Å². The van der Waals surface area contributed by atoms with E-state index in [0.717, 1.165) is 5.56 Å². The molecule has 0 spiro atoms. The molecule has 7 N–H and O–H groups in total. The maximum Gasteiger partial charge on any atom is 0.422 e. The minimum absolute atomic E-state index is 0.0406. The van der Waals surface area contributed by atoms with Crippen molar-refractivity contribution in [3.8, 4) is 11.8 Å². The van der Waals surface area contributed by atoms with Gasteiger partial charge in [-0.1, -0.05) is 37.6 Å². The Morgan fingerprint density at radius 2 is 1.64 bits per heavy atom. The lowest BCUT2D eigenvalue weighted by molar-refractivity contribution is -0.154. The fraction of sp³-hybridized carbons (Fsp3) is 0.357. The van der Waals surface area contributed by atoms with Gasteiger partial charge in [-0.15, -0.1) is 0 Å². The Morgan fingerprint density at radius 1 is 1.00 bits per heavy atom. The highest BCUT2D eigenvalue weighted by Crippen LogP contribution is 2.48. The Hall–Kier alpha value is -4.86. The number of rotatable bonds is 12. The highest BCUT2D eigenvalue weighted by molar-refractivity contribution is 6.34. The van der Waals surface area contributed by atoms with Crippen LogP contribution in [0.2, 0.25) is 5.02 Å². The lowest BCUT2D eigenvalue weighted by atomic mass is 9.93. The molecule has 1 aliphatic carbocycles. The van der Waals surface area contributed by atoms with Crippen LogP contribution < -0.4 is 31.7 Å². The van der Waals surface area contributed by atoms with E-state index in [1.54, 1.807) is 26.0 Å². The molecule has 240 valence electrons. The van der Waals surface area contributed by atoms with Gasteiger partial charge in [0, 0.05) is 23.7 Å². The number of amides is 3. The average Bonchev–Trinajstić information content (AvgIpc) is 3.74. The SMILES string of the molecule is CC(C)(CNC(=O)C(N)=O)CNC(=O)c1ccc(Nc2nc(NC3(c4ccc(Cl)cc4)CC3)nc(OCC(F)(F)F)n2)c(O)c1. The van der Waals surface area contributed by atoms with E-state index < -0.39 is 47.5 Å². The highest BCUT2D eigenvalue weighted by Gasteiger charge is 2.45. The van der Waals surface area contributed by atoms with Crippen LogP contribution in [-0.4, -0.2) is 63.7 Å². The lowest BCUT2D eigenvalue weighted by Gasteiger charge is -2.25. The van der Waals surface area contributed by atoms with E-state index in [4.69, 9.17) is 22.1 Å². The third-order valence-electron chi connectivity index (χ3n) is 6.66. The van der Waals surface area contributed by atoms with Crippen molar-refractivity contribution in [2.45, 2.75) is 38.4 Å². The second-order valence-electron chi connectivity index (χ2n) is 11.1. The zero-order valence-corrected chi connectivity index (χ0v) is 24.8. The Kier molecular flexibility index (Phi) is 9.56. The van der Waals surface area contributed by atoms with Crippen molar-refractivity contribution in [3.63, 3.8) is 0 Å². The first kappa shape index (κ1) is 33.0.